The Morgan fingerprint density at radius 3 is 2.50 bits per heavy atom. The van der Waals surface area contributed by atoms with E-state index in [-0.39, 0.29) is 29.6 Å². The van der Waals surface area contributed by atoms with Gasteiger partial charge in [0, 0.05) is 19.0 Å². The third kappa shape index (κ3) is 4.39. The molecule has 32 heavy (non-hydrogen) atoms. The van der Waals surface area contributed by atoms with E-state index in [0.717, 1.165) is 11.1 Å². The Morgan fingerprint density at radius 1 is 1.09 bits per heavy atom. The Balaban J connectivity index is 1.42. The zero-order chi connectivity index (χ0) is 22.9. The lowest BCUT2D eigenvalue weighted by Crippen LogP contribution is -2.41. The van der Waals surface area contributed by atoms with Crippen molar-refractivity contribution in [2.45, 2.75) is 31.6 Å². The molecule has 0 bridgehead atoms. The second-order valence-corrected chi connectivity index (χ2v) is 9.77. The zero-order valence-corrected chi connectivity index (χ0v) is 18.5. The zero-order valence-electron chi connectivity index (χ0n) is 17.7. The Bertz CT molecular complexity index is 1240. The quantitative estimate of drug-likeness (QED) is 0.629. The molecule has 1 saturated heterocycles. The van der Waals surface area contributed by atoms with Gasteiger partial charge in [0.2, 0.25) is 15.9 Å². The molecule has 11 heteroatoms. The number of amides is 1. The molecule has 0 unspecified atom stereocenters. The molecule has 1 aliphatic heterocycles. The van der Waals surface area contributed by atoms with E-state index in [1.165, 1.54) is 33.5 Å². The lowest BCUT2D eigenvalue weighted by atomic mass is 9.97. The van der Waals surface area contributed by atoms with Crippen LogP contribution in [0.2, 0.25) is 0 Å². The monoisotopic (exact) mass is 458 g/mol. The summed E-state index contributed by atoms with van der Waals surface area (Å²) >= 11 is 0. The van der Waals surface area contributed by atoms with Gasteiger partial charge in [-0.05, 0) is 78.6 Å². The normalized spacial score (nSPS) is 15.6. The smallest absolute Gasteiger partial charge is 0.243 e. The molecule has 168 valence electrons. The molecule has 1 aromatic heterocycles. The number of hydrogen-bond acceptors (Lipinski definition) is 6. The predicted molar refractivity (Wildman–Crippen MR) is 115 cm³/mol. The Kier molecular flexibility index (Phi) is 6.02. The minimum absolute atomic E-state index is 0.0215. The van der Waals surface area contributed by atoms with Crippen molar-refractivity contribution in [1.82, 2.24) is 24.5 Å². The van der Waals surface area contributed by atoms with Crippen LogP contribution < -0.4 is 5.32 Å². The largest absolute Gasteiger partial charge is 0.323 e. The van der Waals surface area contributed by atoms with Crippen molar-refractivity contribution in [2.24, 2.45) is 5.92 Å². The number of benzene rings is 2. The fourth-order valence-corrected chi connectivity index (χ4v) is 5.20. The summed E-state index contributed by atoms with van der Waals surface area (Å²) in [6, 6.07) is 9.24. The van der Waals surface area contributed by atoms with Gasteiger partial charge in [0.1, 0.15) is 12.1 Å². The second kappa shape index (κ2) is 8.75. The molecule has 2 aromatic carbocycles. The highest BCUT2D eigenvalue weighted by Gasteiger charge is 2.32. The summed E-state index contributed by atoms with van der Waals surface area (Å²) in [6.45, 7) is 4.25. The fraction of sp³-hybridized carbons (Fsp3) is 0.333. The van der Waals surface area contributed by atoms with Gasteiger partial charge in [-0.2, -0.15) is 4.31 Å². The molecule has 0 saturated carbocycles. The van der Waals surface area contributed by atoms with Gasteiger partial charge in [-0.1, -0.05) is 6.07 Å². The SMILES string of the molecule is Cc1ccc(S(=O)(=O)N2CCC(C(=O)Nc3cc(-n4cnnn4)ccc3F)CC2)cc1C. The molecule has 0 aliphatic carbocycles. The number of carbonyl (C=O) groups excluding carboxylic acids is 1. The van der Waals surface area contributed by atoms with Crippen LogP contribution in [0, 0.1) is 25.6 Å². The fourth-order valence-electron chi connectivity index (χ4n) is 3.65. The summed E-state index contributed by atoms with van der Waals surface area (Å²) in [5, 5.41) is 13.4. The van der Waals surface area contributed by atoms with Crippen LogP contribution in [0.15, 0.2) is 47.6 Å². The minimum Gasteiger partial charge on any atom is -0.323 e. The number of anilines is 1. The van der Waals surface area contributed by atoms with Gasteiger partial charge in [0.05, 0.1) is 16.3 Å². The highest BCUT2D eigenvalue weighted by Crippen LogP contribution is 2.27. The minimum atomic E-state index is -3.63. The van der Waals surface area contributed by atoms with E-state index in [2.05, 4.69) is 20.8 Å². The highest BCUT2D eigenvalue weighted by atomic mass is 32.2. The van der Waals surface area contributed by atoms with Crippen molar-refractivity contribution in [3.05, 3.63) is 59.7 Å². The van der Waals surface area contributed by atoms with E-state index < -0.39 is 21.8 Å². The number of piperidine rings is 1. The first-order chi connectivity index (χ1) is 15.3. The maximum atomic E-state index is 14.2. The van der Waals surface area contributed by atoms with Crippen molar-refractivity contribution in [1.29, 1.82) is 0 Å². The predicted octanol–water partition coefficient (Wildman–Crippen LogP) is 2.46. The lowest BCUT2D eigenvalue weighted by Gasteiger charge is -2.30. The molecule has 1 amide bonds. The molecule has 2 heterocycles. The van der Waals surface area contributed by atoms with E-state index in [1.54, 1.807) is 18.2 Å². The number of tetrazole rings is 1. The van der Waals surface area contributed by atoms with E-state index in [0.29, 0.717) is 18.5 Å². The number of halogens is 1. The van der Waals surface area contributed by atoms with Crippen LogP contribution in [0.25, 0.3) is 5.69 Å². The number of carbonyl (C=O) groups is 1. The summed E-state index contributed by atoms with van der Waals surface area (Å²) in [4.78, 5) is 13.0. The van der Waals surface area contributed by atoms with Crippen LogP contribution in [-0.4, -0.2) is 51.9 Å². The van der Waals surface area contributed by atoms with Crippen molar-refractivity contribution in [3.8, 4) is 5.69 Å². The number of rotatable bonds is 5. The van der Waals surface area contributed by atoms with Crippen molar-refractivity contribution >= 4 is 21.6 Å². The van der Waals surface area contributed by atoms with Gasteiger partial charge >= 0.3 is 0 Å². The van der Waals surface area contributed by atoms with Crippen LogP contribution in [0.1, 0.15) is 24.0 Å². The summed E-state index contributed by atoms with van der Waals surface area (Å²) in [6.07, 6.45) is 2.07. The van der Waals surface area contributed by atoms with Crippen LogP contribution >= 0.6 is 0 Å². The number of hydrogen-bond donors (Lipinski definition) is 1. The number of nitrogens with zero attached hydrogens (tertiary/aromatic N) is 5. The van der Waals surface area contributed by atoms with Gasteiger partial charge in [-0.25, -0.2) is 17.5 Å². The first kappa shape index (κ1) is 22.0. The van der Waals surface area contributed by atoms with Gasteiger partial charge in [0.15, 0.2) is 0 Å². The standard InChI is InChI=1S/C21H23FN6O3S/c1-14-3-5-18(11-15(14)2)32(30,31)27-9-7-16(8-10-27)21(29)24-20-12-17(4-6-19(20)22)28-13-23-25-26-28/h3-6,11-13,16H,7-10H2,1-2H3,(H,24,29). The topological polar surface area (TPSA) is 110 Å². The molecule has 4 rings (SSSR count). The highest BCUT2D eigenvalue weighted by molar-refractivity contribution is 7.89. The molecular formula is C21H23FN6O3S. The van der Waals surface area contributed by atoms with Crippen LogP contribution in [0.4, 0.5) is 10.1 Å². The average molecular weight is 459 g/mol. The Labute approximate surface area is 185 Å². The van der Waals surface area contributed by atoms with Crippen LogP contribution in [0.3, 0.4) is 0 Å². The van der Waals surface area contributed by atoms with Crippen molar-refractivity contribution < 1.29 is 17.6 Å². The third-order valence-electron chi connectivity index (χ3n) is 5.76. The van der Waals surface area contributed by atoms with E-state index in [4.69, 9.17) is 0 Å². The van der Waals surface area contributed by atoms with Gasteiger partial charge in [0.25, 0.3) is 0 Å². The van der Waals surface area contributed by atoms with Gasteiger partial charge in [-0.3, -0.25) is 4.79 Å². The first-order valence-corrected chi connectivity index (χ1v) is 11.6. The Hall–Kier alpha value is -3.18. The molecule has 0 radical (unpaired) electrons. The molecule has 9 nitrogen and oxygen atoms in total. The number of aromatic nitrogens is 4. The average Bonchev–Trinajstić information content (AvgIpc) is 3.32. The van der Waals surface area contributed by atoms with Crippen molar-refractivity contribution in [2.75, 3.05) is 18.4 Å². The van der Waals surface area contributed by atoms with Crippen molar-refractivity contribution in [3.63, 3.8) is 0 Å². The third-order valence-corrected chi connectivity index (χ3v) is 7.66. The second-order valence-electron chi connectivity index (χ2n) is 7.83. The lowest BCUT2D eigenvalue weighted by molar-refractivity contribution is -0.120. The molecule has 0 atom stereocenters. The van der Waals surface area contributed by atoms with E-state index in [9.17, 15) is 17.6 Å². The van der Waals surface area contributed by atoms with Crippen LogP contribution in [-0.2, 0) is 14.8 Å². The molecule has 1 N–H and O–H groups in total. The number of sulfonamides is 1. The van der Waals surface area contributed by atoms with E-state index in [1.807, 2.05) is 13.8 Å². The molecular weight excluding hydrogens is 435 g/mol. The summed E-state index contributed by atoms with van der Waals surface area (Å²) in [7, 11) is -3.63. The molecule has 0 spiro atoms. The van der Waals surface area contributed by atoms with Gasteiger partial charge in [-0.15, -0.1) is 5.10 Å². The van der Waals surface area contributed by atoms with Crippen LogP contribution in [0.5, 0.6) is 0 Å². The molecule has 3 aromatic rings. The molecule has 1 aliphatic rings. The first-order valence-electron chi connectivity index (χ1n) is 10.2. The maximum Gasteiger partial charge on any atom is 0.243 e. The Morgan fingerprint density at radius 2 is 1.84 bits per heavy atom. The summed E-state index contributed by atoms with van der Waals surface area (Å²) in [5.41, 5.74) is 2.45. The molecule has 1 fully saturated rings. The summed E-state index contributed by atoms with van der Waals surface area (Å²) in [5.74, 6) is -1.34. The summed E-state index contributed by atoms with van der Waals surface area (Å²) < 4.78 is 42.9. The number of aryl methyl sites for hydroxylation is 2. The number of nitrogens with one attached hydrogen (secondary N) is 1. The van der Waals surface area contributed by atoms with E-state index >= 15 is 0 Å². The van der Waals surface area contributed by atoms with Gasteiger partial charge < -0.3 is 5.32 Å². The maximum absolute atomic E-state index is 14.2.